The van der Waals surface area contributed by atoms with Gasteiger partial charge in [0.05, 0.1) is 12.8 Å². The molecule has 156 valence electrons. The summed E-state index contributed by atoms with van der Waals surface area (Å²) in [5.41, 5.74) is 3.29. The number of piperidine rings is 1. The number of carbonyl (C=O) groups excluding carboxylic acids is 1. The van der Waals surface area contributed by atoms with Crippen molar-refractivity contribution in [2.45, 2.75) is 71.5 Å². The van der Waals surface area contributed by atoms with E-state index in [0.717, 1.165) is 67.4 Å². The first-order valence-corrected chi connectivity index (χ1v) is 10.6. The number of nitrogens with one attached hydrogen (secondary N) is 1. The molecule has 6 nitrogen and oxygen atoms in total. The fourth-order valence-corrected chi connectivity index (χ4v) is 4.30. The van der Waals surface area contributed by atoms with Crippen molar-refractivity contribution in [1.29, 1.82) is 0 Å². The van der Waals surface area contributed by atoms with Crippen molar-refractivity contribution < 1.29 is 9.53 Å². The van der Waals surface area contributed by atoms with Crippen LogP contribution in [0.4, 0.5) is 4.79 Å². The highest BCUT2D eigenvalue weighted by molar-refractivity contribution is 5.74. The van der Waals surface area contributed by atoms with Gasteiger partial charge in [0.25, 0.3) is 0 Å². The van der Waals surface area contributed by atoms with E-state index in [2.05, 4.69) is 29.0 Å². The van der Waals surface area contributed by atoms with Gasteiger partial charge in [-0.2, -0.15) is 0 Å². The van der Waals surface area contributed by atoms with Crippen LogP contribution in [0.2, 0.25) is 0 Å². The fourth-order valence-electron chi connectivity index (χ4n) is 4.30. The molecule has 1 saturated carbocycles. The Morgan fingerprint density at radius 1 is 1.32 bits per heavy atom. The number of aromatic nitrogens is 1. The molecule has 1 aliphatic heterocycles. The molecule has 3 rings (SSSR count). The van der Waals surface area contributed by atoms with Crippen molar-refractivity contribution in [3.63, 3.8) is 0 Å². The van der Waals surface area contributed by atoms with Gasteiger partial charge in [-0.1, -0.05) is 12.8 Å². The Bertz CT molecular complexity index is 681. The van der Waals surface area contributed by atoms with Gasteiger partial charge in [-0.25, -0.2) is 4.79 Å². The quantitative estimate of drug-likeness (QED) is 0.777. The van der Waals surface area contributed by atoms with Crippen molar-refractivity contribution in [3.05, 3.63) is 23.0 Å². The molecule has 2 amide bonds. The summed E-state index contributed by atoms with van der Waals surface area (Å²) in [6.45, 7) is 9.04. The first-order chi connectivity index (χ1) is 13.4. The standard InChI is InChI=1S/C22H36N4O2/c1-15-13-23-20(17(3)21(15)28-5)14-26-10-8-19(9-11-26)25(4)22(27)24-16(2)12-18-6-7-18/h13,16,18-19H,6-12,14H2,1-5H3,(H,24,27)/t16-/m0/s1. The van der Waals surface area contributed by atoms with Crippen LogP contribution < -0.4 is 10.1 Å². The second-order valence-electron chi connectivity index (χ2n) is 8.69. The first-order valence-electron chi connectivity index (χ1n) is 10.6. The Kier molecular flexibility index (Phi) is 6.81. The highest BCUT2D eigenvalue weighted by Crippen LogP contribution is 2.33. The van der Waals surface area contributed by atoms with E-state index in [-0.39, 0.29) is 12.1 Å². The topological polar surface area (TPSA) is 57.7 Å². The van der Waals surface area contributed by atoms with E-state index < -0.39 is 0 Å². The maximum Gasteiger partial charge on any atom is 0.317 e. The zero-order chi connectivity index (χ0) is 20.3. The number of urea groups is 1. The van der Waals surface area contributed by atoms with E-state index in [1.165, 1.54) is 12.8 Å². The maximum absolute atomic E-state index is 12.6. The van der Waals surface area contributed by atoms with Crippen molar-refractivity contribution in [1.82, 2.24) is 20.1 Å². The summed E-state index contributed by atoms with van der Waals surface area (Å²) in [4.78, 5) is 21.5. The van der Waals surface area contributed by atoms with Crippen LogP contribution in [-0.4, -0.2) is 60.1 Å². The first kappa shape index (κ1) is 20.9. The van der Waals surface area contributed by atoms with Gasteiger partial charge < -0.3 is 15.0 Å². The van der Waals surface area contributed by atoms with Crippen molar-refractivity contribution >= 4 is 6.03 Å². The lowest BCUT2D eigenvalue weighted by atomic mass is 10.0. The molecule has 1 aromatic rings. The van der Waals surface area contributed by atoms with E-state index in [0.29, 0.717) is 6.04 Å². The number of rotatable bonds is 7. The Balaban J connectivity index is 1.48. The van der Waals surface area contributed by atoms with E-state index >= 15 is 0 Å². The van der Waals surface area contributed by atoms with Gasteiger partial charge in [0.1, 0.15) is 5.75 Å². The fraction of sp³-hybridized carbons (Fsp3) is 0.727. The number of amides is 2. The van der Waals surface area contributed by atoms with Crippen LogP contribution in [0.3, 0.4) is 0 Å². The third kappa shape index (κ3) is 5.16. The number of carbonyl (C=O) groups is 1. The largest absolute Gasteiger partial charge is 0.496 e. The third-order valence-corrected chi connectivity index (χ3v) is 6.30. The second kappa shape index (κ2) is 9.12. The number of hydrogen-bond acceptors (Lipinski definition) is 4. The normalized spacial score (nSPS) is 19.3. The number of pyridine rings is 1. The van der Waals surface area contributed by atoms with Crippen molar-refractivity contribution in [2.24, 2.45) is 5.92 Å². The molecule has 0 spiro atoms. The van der Waals surface area contributed by atoms with Gasteiger partial charge in [-0.15, -0.1) is 0 Å². The summed E-state index contributed by atoms with van der Waals surface area (Å²) in [6, 6.07) is 0.659. The lowest BCUT2D eigenvalue weighted by Gasteiger charge is -2.37. The molecular weight excluding hydrogens is 352 g/mol. The lowest BCUT2D eigenvalue weighted by molar-refractivity contribution is 0.128. The van der Waals surface area contributed by atoms with E-state index in [4.69, 9.17) is 4.74 Å². The molecule has 0 bridgehead atoms. The van der Waals surface area contributed by atoms with Crippen LogP contribution in [0.5, 0.6) is 5.75 Å². The predicted molar refractivity (Wildman–Crippen MR) is 112 cm³/mol. The minimum absolute atomic E-state index is 0.0763. The van der Waals surface area contributed by atoms with Gasteiger partial charge in [0.15, 0.2) is 0 Å². The van der Waals surface area contributed by atoms with Crippen LogP contribution in [0.1, 0.15) is 55.8 Å². The highest BCUT2D eigenvalue weighted by atomic mass is 16.5. The summed E-state index contributed by atoms with van der Waals surface area (Å²) >= 11 is 0. The molecule has 1 atom stereocenters. The summed E-state index contributed by atoms with van der Waals surface area (Å²) < 4.78 is 5.53. The number of hydrogen-bond donors (Lipinski definition) is 1. The number of nitrogens with zero attached hydrogens (tertiary/aromatic N) is 3. The molecule has 1 aromatic heterocycles. The average molecular weight is 389 g/mol. The van der Waals surface area contributed by atoms with Crippen molar-refractivity contribution in [3.8, 4) is 5.75 Å². The molecule has 6 heteroatoms. The summed E-state index contributed by atoms with van der Waals surface area (Å²) in [7, 11) is 3.66. The highest BCUT2D eigenvalue weighted by Gasteiger charge is 2.28. The summed E-state index contributed by atoms with van der Waals surface area (Å²) in [5.74, 6) is 1.78. The third-order valence-electron chi connectivity index (χ3n) is 6.30. The monoisotopic (exact) mass is 388 g/mol. The number of aryl methyl sites for hydroxylation is 1. The van der Waals surface area contributed by atoms with Gasteiger partial charge in [-0.05, 0) is 46.0 Å². The van der Waals surface area contributed by atoms with Crippen molar-refractivity contribution in [2.75, 3.05) is 27.2 Å². The van der Waals surface area contributed by atoms with Gasteiger partial charge >= 0.3 is 6.03 Å². The van der Waals surface area contributed by atoms with Crippen LogP contribution in [0.15, 0.2) is 6.20 Å². The second-order valence-corrected chi connectivity index (χ2v) is 8.69. The van der Waals surface area contributed by atoms with Gasteiger partial charge in [0, 0.05) is 56.1 Å². The molecule has 2 fully saturated rings. The number of ether oxygens (including phenoxy) is 1. The van der Waals surface area contributed by atoms with E-state index in [9.17, 15) is 4.79 Å². The summed E-state index contributed by atoms with van der Waals surface area (Å²) in [5, 5.41) is 3.17. The molecule has 1 aliphatic carbocycles. The van der Waals surface area contributed by atoms with E-state index in [1.54, 1.807) is 7.11 Å². The zero-order valence-corrected chi connectivity index (χ0v) is 18.1. The van der Waals surface area contributed by atoms with Crippen LogP contribution >= 0.6 is 0 Å². The molecule has 0 radical (unpaired) electrons. The number of likely N-dealkylation sites (tertiary alicyclic amines) is 1. The Morgan fingerprint density at radius 3 is 2.61 bits per heavy atom. The van der Waals surface area contributed by atoms with Crippen LogP contribution in [0.25, 0.3) is 0 Å². The minimum atomic E-state index is 0.0763. The van der Waals surface area contributed by atoms with Gasteiger partial charge in [-0.3, -0.25) is 9.88 Å². The van der Waals surface area contributed by atoms with E-state index in [1.807, 2.05) is 25.1 Å². The Labute approximate surface area is 169 Å². The number of methoxy groups -OCH3 is 1. The molecule has 1 saturated heterocycles. The molecule has 2 heterocycles. The van der Waals surface area contributed by atoms with Crippen LogP contribution in [-0.2, 0) is 6.54 Å². The Morgan fingerprint density at radius 2 is 2.00 bits per heavy atom. The molecule has 0 unspecified atom stereocenters. The van der Waals surface area contributed by atoms with Crippen LogP contribution in [0, 0.1) is 19.8 Å². The Hall–Kier alpha value is -1.82. The average Bonchev–Trinajstić information content (AvgIpc) is 3.48. The smallest absolute Gasteiger partial charge is 0.317 e. The molecule has 0 aromatic carbocycles. The molecule has 2 aliphatic rings. The predicted octanol–water partition coefficient (Wildman–Crippen LogP) is 3.50. The SMILES string of the molecule is COc1c(C)cnc(CN2CCC(N(C)C(=O)N[C@@H](C)CC3CC3)CC2)c1C. The molecule has 1 N–H and O–H groups in total. The molecular formula is C22H36N4O2. The zero-order valence-electron chi connectivity index (χ0n) is 18.1. The molecule has 28 heavy (non-hydrogen) atoms. The minimum Gasteiger partial charge on any atom is -0.496 e. The lowest BCUT2D eigenvalue weighted by Crippen LogP contribution is -2.50. The maximum atomic E-state index is 12.6. The summed E-state index contributed by atoms with van der Waals surface area (Å²) in [6.07, 6.45) is 7.68. The van der Waals surface area contributed by atoms with Gasteiger partial charge in [0.2, 0.25) is 0 Å².